The second kappa shape index (κ2) is 4.45. The van der Waals surface area contributed by atoms with Crippen LogP contribution in [0.5, 0.6) is 0 Å². The molecule has 2 aromatic rings. The molecule has 0 amide bonds. The van der Waals surface area contributed by atoms with Crippen LogP contribution in [0.25, 0.3) is 0 Å². The van der Waals surface area contributed by atoms with Gasteiger partial charge in [-0.25, -0.2) is 9.67 Å². The summed E-state index contributed by atoms with van der Waals surface area (Å²) in [6, 6.07) is 8.15. The van der Waals surface area contributed by atoms with Crippen molar-refractivity contribution in [1.29, 1.82) is 0 Å². The quantitative estimate of drug-likeness (QED) is 0.848. The number of aromatic nitrogens is 3. The average molecular weight is 216 g/mol. The molecule has 0 aliphatic heterocycles. The molecule has 4 heteroatoms. The van der Waals surface area contributed by atoms with E-state index in [2.05, 4.69) is 29.1 Å². The van der Waals surface area contributed by atoms with E-state index in [0.717, 1.165) is 6.54 Å². The third kappa shape index (κ3) is 2.28. The lowest BCUT2D eigenvalue weighted by Gasteiger charge is -2.04. The fourth-order valence-electron chi connectivity index (χ4n) is 1.56. The van der Waals surface area contributed by atoms with Crippen molar-refractivity contribution in [2.75, 3.05) is 0 Å². The number of nitrogens with zero attached hydrogens (tertiary/aromatic N) is 3. The van der Waals surface area contributed by atoms with Gasteiger partial charge in [0.25, 0.3) is 0 Å². The van der Waals surface area contributed by atoms with Gasteiger partial charge in [0.2, 0.25) is 0 Å². The zero-order valence-electron chi connectivity index (χ0n) is 9.59. The molecule has 1 atom stereocenters. The smallest absolute Gasteiger partial charge is 0.166 e. The molecule has 0 aliphatic carbocycles. The Morgan fingerprint density at radius 2 is 2.12 bits per heavy atom. The highest BCUT2D eigenvalue weighted by Gasteiger charge is 2.06. The Morgan fingerprint density at radius 1 is 1.38 bits per heavy atom. The number of hydrogen-bond donors (Lipinski definition) is 1. The van der Waals surface area contributed by atoms with Gasteiger partial charge in [0.1, 0.15) is 6.33 Å². The van der Waals surface area contributed by atoms with Crippen LogP contribution in [0.1, 0.15) is 29.9 Å². The van der Waals surface area contributed by atoms with E-state index in [9.17, 15) is 0 Å². The van der Waals surface area contributed by atoms with Crippen molar-refractivity contribution in [1.82, 2.24) is 14.8 Å². The van der Waals surface area contributed by atoms with Gasteiger partial charge in [-0.1, -0.05) is 24.3 Å². The molecule has 1 unspecified atom stereocenters. The van der Waals surface area contributed by atoms with Crippen molar-refractivity contribution in [2.45, 2.75) is 26.4 Å². The third-order valence-corrected chi connectivity index (χ3v) is 2.56. The van der Waals surface area contributed by atoms with Crippen molar-refractivity contribution in [3.05, 3.63) is 47.5 Å². The van der Waals surface area contributed by atoms with Crippen LogP contribution in [-0.4, -0.2) is 14.8 Å². The molecular formula is C12H16N4. The Hall–Kier alpha value is -1.68. The third-order valence-electron chi connectivity index (χ3n) is 2.56. The van der Waals surface area contributed by atoms with E-state index in [1.54, 1.807) is 6.33 Å². The highest BCUT2D eigenvalue weighted by Crippen LogP contribution is 2.09. The fraction of sp³-hybridized carbons (Fsp3) is 0.333. The van der Waals surface area contributed by atoms with E-state index in [1.165, 1.54) is 11.1 Å². The first-order valence-corrected chi connectivity index (χ1v) is 5.36. The molecule has 84 valence electrons. The molecule has 0 spiro atoms. The van der Waals surface area contributed by atoms with Crippen LogP contribution in [0.4, 0.5) is 0 Å². The monoisotopic (exact) mass is 216 g/mol. The Morgan fingerprint density at radius 3 is 2.75 bits per heavy atom. The van der Waals surface area contributed by atoms with Gasteiger partial charge in [-0.3, -0.25) is 0 Å². The van der Waals surface area contributed by atoms with Crippen LogP contribution >= 0.6 is 0 Å². The first-order valence-electron chi connectivity index (χ1n) is 5.36. The first kappa shape index (κ1) is 10.8. The van der Waals surface area contributed by atoms with Crippen molar-refractivity contribution in [3.8, 4) is 0 Å². The molecule has 0 saturated carbocycles. The summed E-state index contributed by atoms with van der Waals surface area (Å²) in [6.45, 7) is 4.72. The normalized spacial score (nSPS) is 12.7. The predicted molar refractivity (Wildman–Crippen MR) is 62.9 cm³/mol. The molecule has 2 N–H and O–H groups in total. The Labute approximate surface area is 95.1 Å². The van der Waals surface area contributed by atoms with Crippen molar-refractivity contribution in [2.24, 2.45) is 5.73 Å². The minimum atomic E-state index is -0.113. The van der Waals surface area contributed by atoms with Crippen LogP contribution < -0.4 is 5.73 Å². The predicted octanol–water partition coefficient (Wildman–Crippen LogP) is 1.65. The van der Waals surface area contributed by atoms with Crippen molar-refractivity contribution < 1.29 is 0 Å². The Balaban J connectivity index is 2.18. The lowest BCUT2D eigenvalue weighted by atomic mass is 10.1. The number of aryl methyl sites for hydroxylation is 1. The fourth-order valence-corrected chi connectivity index (χ4v) is 1.56. The molecule has 0 radical (unpaired) electrons. The summed E-state index contributed by atoms with van der Waals surface area (Å²) in [5.74, 6) is 0.689. The summed E-state index contributed by atoms with van der Waals surface area (Å²) in [5, 5.41) is 4.33. The summed E-state index contributed by atoms with van der Waals surface area (Å²) in [5.41, 5.74) is 8.23. The molecule has 1 aromatic carbocycles. The maximum absolute atomic E-state index is 5.71. The van der Waals surface area contributed by atoms with Gasteiger partial charge >= 0.3 is 0 Å². The molecule has 0 fully saturated rings. The van der Waals surface area contributed by atoms with Gasteiger partial charge in [0, 0.05) is 0 Å². The van der Waals surface area contributed by atoms with Crippen LogP contribution in [0.15, 0.2) is 30.6 Å². The lowest BCUT2D eigenvalue weighted by Crippen LogP contribution is -2.09. The summed E-state index contributed by atoms with van der Waals surface area (Å²) in [4.78, 5) is 4.17. The highest BCUT2D eigenvalue weighted by atomic mass is 15.3. The Bertz CT molecular complexity index is 473. The second-order valence-corrected chi connectivity index (χ2v) is 4.02. The molecule has 0 aliphatic rings. The van der Waals surface area contributed by atoms with Crippen LogP contribution in [0, 0.1) is 6.92 Å². The largest absolute Gasteiger partial charge is 0.321 e. The zero-order chi connectivity index (χ0) is 11.5. The van der Waals surface area contributed by atoms with Gasteiger partial charge in [0.15, 0.2) is 5.82 Å². The summed E-state index contributed by atoms with van der Waals surface area (Å²) >= 11 is 0. The second-order valence-electron chi connectivity index (χ2n) is 4.02. The van der Waals surface area contributed by atoms with Gasteiger partial charge in [0.05, 0.1) is 12.6 Å². The summed E-state index contributed by atoms with van der Waals surface area (Å²) in [7, 11) is 0. The van der Waals surface area contributed by atoms with Gasteiger partial charge in [-0.2, -0.15) is 5.10 Å². The first-order chi connectivity index (χ1) is 7.66. The van der Waals surface area contributed by atoms with E-state index in [1.807, 2.05) is 23.7 Å². The van der Waals surface area contributed by atoms with Gasteiger partial charge in [-0.15, -0.1) is 0 Å². The standard InChI is InChI=1S/C12H16N4/c1-9-5-3-4-6-11(9)7-16-8-14-12(15-16)10(2)13/h3-6,8,10H,7,13H2,1-2H3. The lowest BCUT2D eigenvalue weighted by molar-refractivity contribution is 0.648. The van der Waals surface area contributed by atoms with E-state index in [4.69, 9.17) is 5.73 Å². The number of benzene rings is 1. The molecule has 4 nitrogen and oxygen atoms in total. The number of rotatable bonds is 3. The van der Waals surface area contributed by atoms with Gasteiger partial charge < -0.3 is 5.73 Å². The van der Waals surface area contributed by atoms with Crippen LogP contribution in [0.2, 0.25) is 0 Å². The SMILES string of the molecule is Cc1ccccc1Cn1cnc(C(C)N)n1. The maximum Gasteiger partial charge on any atom is 0.166 e. The average Bonchev–Trinajstić information content (AvgIpc) is 2.70. The van der Waals surface area contributed by atoms with E-state index >= 15 is 0 Å². The van der Waals surface area contributed by atoms with E-state index in [0.29, 0.717) is 5.82 Å². The molecule has 2 rings (SSSR count). The van der Waals surface area contributed by atoms with Gasteiger partial charge in [-0.05, 0) is 25.0 Å². The molecule has 1 aromatic heterocycles. The summed E-state index contributed by atoms with van der Waals surface area (Å²) < 4.78 is 1.82. The van der Waals surface area contributed by atoms with Crippen molar-refractivity contribution in [3.63, 3.8) is 0 Å². The van der Waals surface area contributed by atoms with E-state index in [-0.39, 0.29) is 6.04 Å². The molecule has 16 heavy (non-hydrogen) atoms. The summed E-state index contributed by atoms with van der Waals surface area (Å²) in [6.07, 6.45) is 1.73. The minimum Gasteiger partial charge on any atom is -0.321 e. The highest BCUT2D eigenvalue weighted by molar-refractivity contribution is 5.25. The maximum atomic E-state index is 5.71. The number of hydrogen-bond acceptors (Lipinski definition) is 3. The Kier molecular flexibility index (Phi) is 3.01. The van der Waals surface area contributed by atoms with Crippen LogP contribution in [0.3, 0.4) is 0 Å². The zero-order valence-corrected chi connectivity index (χ0v) is 9.59. The molecular weight excluding hydrogens is 200 g/mol. The van der Waals surface area contributed by atoms with E-state index < -0.39 is 0 Å². The topological polar surface area (TPSA) is 56.7 Å². The minimum absolute atomic E-state index is 0.113. The van der Waals surface area contributed by atoms with Crippen LogP contribution in [-0.2, 0) is 6.54 Å². The molecule has 0 bridgehead atoms. The number of nitrogens with two attached hydrogens (primary N) is 1. The van der Waals surface area contributed by atoms with Crippen molar-refractivity contribution >= 4 is 0 Å². The molecule has 1 heterocycles. The molecule has 0 saturated heterocycles.